The van der Waals surface area contributed by atoms with Crippen LogP contribution in [0, 0.1) is 6.92 Å². The zero-order valence-electron chi connectivity index (χ0n) is 18.9. The van der Waals surface area contributed by atoms with Crippen LogP contribution in [0.5, 0.6) is 5.75 Å². The van der Waals surface area contributed by atoms with E-state index in [2.05, 4.69) is 9.73 Å². The number of benzene rings is 3. The zero-order chi connectivity index (χ0) is 23.6. The maximum atomic E-state index is 12.9. The van der Waals surface area contributed by atoms with E-state index in [1.807, 2.05) is 63.2 Å². The molecule has 6 nitrogen and oxygen atoms in total. The molecule has 3 aromatic rings. The molecule has 3 aromatic carbocycles. The molecule has 0 aliphatic rings. The highest BCUT2D eigenvalue weighted by Gasteiger charge is 2.31. The normalized spacial score (nSPS) is 13.2. The highest BCUT2D eigenvalue weighted by atomic mass is 16.6. The Labute approximate surface area is 188 Å². The average Bonchev–Trinajstić information content (AvgIpc) is 2.70. The summed E-state index contributed by atoms with van der Waals surface area (Å²) in [5.74, 6) is -0.361. The van der Waals surface area contributed by atoms with Crippen molar-refractivity contribution >= 4 is 47.1 Å². The summed E-state index contributed by atoms with van der Waals surface area (Å²) in [5, 5.41) is 15.1. The number of fused-ring (bicyclic) bond motifs is 2. The Morgan fingerprint density at radius 2 is 1.75 bits per heavy atom. The first kappa shape index (κ1) is 23.3. The van der Waals surface area contributed by atoms with Crippen LogP contribution in [0.2, 0.25) is 0 Å². The van der Waals surface area contributed by atoms with Crippen molar-refractivity contribution in [2.75, 3.05) is 7.11 Å². The van der Waals surface area contributed by atoms with Crippen molar-refractivity contribution in [3.05, 3.63) is 53.6 Å². The van der Waals surface area contributed by atoms with Gasteiger partial charge in [0.25, 0.3) is 0 Å². The van der Waals surface area contributed by atoms with E-state index in [-0.39, 0.29) is 6.42 Å². The number of rotatable bonds is 6. The molecule has 3 rings (SSSR count). The Morgan fingerprint density at radius 1 is 1.12 bits per heavy atom. The number of hydrogen-bond donors (Lipinski definition) is 0. The fourth-order valence-electron chi connectivity index (χ4n) is 4.11. The number of carbonyl (C=O) groups is 2. The van der Waals surface area contributed by atoms with Gasteiger partial charge in [-0.3, -0.25) is 4.99 Å². The topological polar surface area (TPSA) is 88.0 Å². The summed E-state index contributed by atoms with van der Waals surface area (Å²) < 4.78 is 10.4. The standard InChI is InChI=1S/C25H26BNO5/c1-14-10-18-11-16-8-6-7-9-17(16)12-19(18)22(21(14)25(3,4)13-20(26)28)32-23(29)15(2)27-24(30)31-5/h6-12,15H,13H2,1-5H3,(H,27,30)/p-1. The summed E-state index contributed by atoms with van der Waals surface area (Å²) in [4.78, 5) is 28.3. The predicted octanol–water partition coefficient (Wildman–Crippen LogP) is 3.32. The van der Waals surface area contributed by atoms with Crippen molar-refractivity contribution in [1.82, 2.24) is 0 Å². The quantitative estimate of drug-likeness (QED) is 0.150. The summed E-state index contributed by atoms with van der Waals surface area (Å²) in [7, 11) is 6.70. The first-order chi connectivity index (χ1) is 15.0. The lowest BCUT2D eigenvalue weighted by Crippen LogP contribution is -2.29. The van der Waals surface area contributed by atoms with Crippen molar-refractivity contribution < 1.29 is 24.2 Å². The zero-order valence-corrected chi connectivity index (χ0v) is 18.9. The highest BCUT2D eigenvalue weighted by molar-refractivity contribution is 6.57. The fourth-order valence-corrected chi connectivity index (χ4v) is 4.11. The smallest absolute Gasteiger partial charge is 0.336 e. The first-order valence-electron chi connectivity index (χ1n) is 10.3. The summed E-state index contributed by atoms with van der Waals surface area (Å²) >= 11 is 0. The van der Waals surface area contributed by atoms with Crippen molar-refractivity contribution in [3.8, 4) is 5.75 Å². The van der Waals surface area contributed by atoms with E-state index in [1.54, 1.807) is 0 Å². The van der Waals surface area contributed by atoms with Gasteiger partial charge in [0, 0.05) is 17.4 Å². The Balaban J connectivity index is 2.27. The molecule has 164 valence electrons. The number of hydrogen-bond acceptors (Lipinski definition) is 6. The number of esters is 1. The lowest BCUT2D eigenvalue weighted by atomic mass is 9.73. The first-order valence-corrected chi connectivity index (χ1v) is 10.3. The number of ether oxygens (including phenoxy) is 2. The van der Waals surface area contributed by atoms with Crippen LogP contribution in [-0.2, 0) is 19.7 Å². The van der Waals surface area contributed by atoms with E-state index in [1.165, 1.54) is 14.0 Å². The summed E-state index contributed by atoms with van der Waals surface area (Å²) in [6, 6.07) is 12.8. The minimum atomic E-state index is -1.06. The Hall–Kier alpha value is -3.35. The molecule has 32 heavy (non-hydrogen) atoms. The van der Waals surface area contributed by atoms with Crippen LogP contribution in [0.25, 0.3) is 21.5 Å². The Bertz CT molecular complexity index is 1230. The van der Waals surface area contributed by atoms with Crippen LogP contribution in [-0.4, -0.2) is 38.7 Å². The van der Waals surface area contributed by atoms with E-state index < -0.39 is 29.2 Å². The molecule has 0 heterocycles. The van der Waals surface area contributed by atoms with E-state index in [9.17, 15) is 14.7 Å². The molecule has 1 unspecified atom stereocenters. The second-order valence-corrected chi connectivity index (χ2v) is 8.54. The van der Waals surface area contributed by atoms with Gasteiger partial charge < -0.3 is 19.4 Å². The number of carbonyl (C=O) groups excluding carboxylic acids is 2. The van der Waals surface area contributed by atoms with Gasteiger partial charge in [-0.05, 0) is 60.2 Å². The third-order valence-corrected chi connectivity index (χ3v) is 5.47. The van der Waals surface area contributed by atoms with Crippen LogP contribution in [0.1, 0.15) is 38.3 Å². The molecule has 0 bridgehead atoms. The molecule has 0 aliphatic carbocycles. The van der Waals surface area contributed by atoms with Crippen LogP contribution in [0.15, 0.2) is 47.5 Å². The van der Waals surface area contributed by atoms with Gasteiger partial charge in [0.1, 0.15) is 17.9 Å². The molecule has 0 N–H and O–H groups in total. The number of aliphatic imine (C=N–C) groups is 1. The number of aryl methyl sites for hydroxylation is 1. The number of nitrogens with zero attached hydrogens (tertiary/aromatic N) is 1. The molecule has 0 saturated carbocycles. The molecular formula is C25H25BNO5-. The molecule has 2 radical (unpaired) electrons. The van der Waals surface area contributed by atoms with Crippen molar-refractivity contribution in [3.63, 3.8) is 0 Å². The van der Waals surface area contributed by atoms with Crippen LogP contribution < -0.4 is 9.84 Å². The van der Waals surface area contributed by atoms with Crippen molar-refractivity contribution in [2.45, 2.75) is 45.6 Å². The molecule has 0 aliphatic heterocycles. The summed E-state index contributed by atoms with van der Waals surface area (Å²) in [5.41, 5.74) is 0.408. The van der Waals surface area contributed by atoms with Gasteiger partial charge in [-0.25, -0.2) is 4.79 Å². The molecule has 0 spiro atoms. The van der Waals surface area contributed by atoms with Gasteiger partial charge in [-0.2, -0.15) is 0 Å². The lowest BCUT2D eigenvalue weighted by molar-refractivity contribution is -0.248. The monoisotopic (exact) mass is 430 g/mol. The predicted molar refractivity (Wildman–Crippen MR) is 124 cm³/mol. The molecule has 0 aromatic heterocycles. The molecule has 0 fully saturated rings. The maximum Gasteiger partial charge on any atom is 0.336 e. The highest BCUT2D eigenvalue weighted by Crippen LogP contribution is 2.43. The van der Waals surface area contributed by atoms with E-state index >= 15 is 0 Å². The maximum absolute atomic E-state index is 12.9. The van der Waals surface area contributed by atoms with Gasteiger partial charge >= 0.3 is 5.97 Å². The third-order valence-electron chi connectivity index (χ3n) is 5.47. The largest absolute Gasteiger partial charge is 0.604 e. The SMILES string of the molecule is [B]C(=O)CC(C)(C)c1c(C)cc2cc3ccccc3cc2c1OC(=O)C(C)N=C([O-])OC. The molecule has 0 saturated heterocycles. The van der Waals surface area contributed by atoms with Crippen LogP contribution in [0.4, 0.5) is 0 Å². The summed E-state index contributed by atoms with van der Waals surface area (Å²) in [6.45, 7) is 7.13. The molecule has 0 amide bonds. The Morgan fingerprint density at radius 3 is 2.34 bits per heavy atom. The number of methoxy groups -OCH3 is 1. The van der Waals surface area contributed by atoms with E-state index in [0.717, 1.165) is 27.1 Å². The molecule has 7 heteroatoms. The van der Waals surface area contributed by atoms with E-state index in [0.29, 0.717) is 11.3 Å². The minimum absolute atomic E-state index is 0.0690. The average molecular weight is 430 g/mol. The van der Waals surface area contributed by atoms with Crippen molar-refractivity contribution in [2.24, 2.45) is 4.99 Å². The van der Waals surface area contributed by atoms with Gasteiger partial charge in [-0.1, -0.05) is 44.2 Å². The van der Waals surface area contributed by atoms with Gasteiger partial charge in [0.2, 0.25) is 0 Å². The van der Waals surface area contributed by atoms with E-state index in [4.69, 9.17) is 12.6 Å². The van der Waals surface area contributed by atoms with Gasteiger partial charge in [-0.15, -0.1) is 0 Å². The minimum Gasteiger partial charge on any atom is -0.604 e. The summed E-state index contributed by atoms with van der Waals surface area (Å²) in [6.07, 6.45) is -0.789. The molecule has 1 atom stereocenters. The second-order valence-electron chi connectivity index (χ2n) is 8.54. The lowest BCUT2D eigenvalue weighted by Gasteiger charge is -2.29. The Kier molecular flexibility index (Phi) is 6.58. The van der Waals surface area contributed by atoms with Crippen LogP contribution >= 0.6 is 0 Å². The van der Waals surface area contributed by atoms with Crippen molar-refractivity contribution in [1.29, 1.82) is 0 Å². The van der Waals surface area contributed by atoms with Crippen LogP contribution in [0.3, 0.4) is 0 Å². The van der Waals surface area contributed by atoms with Gasteiger partial charge in [0.05, 0.1) is 5.68 Å². The third kappa shape index (κ3) is 4.77. The fraction of sp³-hybridized carbons (Fsp3) is 0.320. The molecular weight excluding hydrogens is 405 g/mol. The second kappa shape index (κ2) is 9.03. The van der Waals surface area contributed by atoms with Gasteiger partial charge in [0.15, 0.2) is 7.85 Å².